The number of hydroxylamine groups is 2. The number of aliphatic hydroxyl groups is 2. The van der Waals surface area contributed by atoms with Crippen LogP contribution in [0.4, 0.5) is 13.2 Å². The summed E-state index contributed by atoms with van der Waals surface area (Å²) in [4.78, 5) is 28.0. The molecule has 2 rings (SSSR count). The number of hydrogen-bond donors (Lipinski definition) is 3. The van der Waals surface area contributed by atoms with Crippen molar-refractivity contribution in [3.05, 3.63) is 0 Å². The zero-order chi connectivity index (χ0) is 19.2. The average molecular weight is 392 g/mol. The van der Waals surface area contributed by atoms with Crippen molar-refractivity contribution in [2.24, 2.45) is 0 Å². The van der Waals surface area contributed by atoms with Crippen LogP contribution in [0, 0.1) is 0 Å². The number of halogens is 3. The first kappa shape index (κ1) is 19.8. The Balaban J connectivity index is 2.10. The molecule has 0 saturated carbocycles. The van der Waals surface area contributed by atoms with E-state index >= 15 is 0 Å². The molecule has 0 aromatic rings. The second-order valence-corrected chi connectivity index (χ2v) is 7.23. The van der Waals surface area contributed by atoms with Crippen LogP contribution >= 0.6 is 0 Å². The van der Waals surface area contributed by atoms with Gasteiger partial charge in [-0.1, -0.05) is 0 Å². The topological polar surface area (TPSA) is 145 Å². The third-order valence-electron chi connectivity index (χ3n) is 3.93. The summed E-state index contributed by atoms with van der Waals surface area (Å²) in [5, 5.41) is 17.8. The molecule has 0 bridgehead atoms. The smallest absolute Gasteiger partial charge is 0.370 e. The maximum absolute atomic E-state index is 12.5. The molecule has 0 aromatic heterocycles. The van der Waals surface area contributed by atoms with Crippen molar-refractivity contribution < 1.29 is 50.8 Å². The molecule has 2 fully saturated rings. The summed E-state index contributed by atoms with van der Waals surface area (Å²) in [5.74, 6) is -3.30. The van der Waals surface area contributed by atoms with E-state index in [9.17, 15) is 41.4 Å². The molecule has 0 radical (unpaired) electrons. The minimum Gasteiger partial charge on any atom is -0.370 e. The van der Waals surface area contributed by atoms with Gasteiger partial charge in [0, 0.05) is 6.54 Å². The Morgan fingerprint density at radius 3 is 2.44 bits per heavy atom. The van der Waals surface area contributed by atoms with Crippen molar-refractivity contribution >= 4 is 21.9 Å². The van der Waals surface area contributed by atoms with Gasteiger partial charge in [0.15, 0.2) is 6.23 Å². The Labute approximate surface area is 139 Å². The van der Waals surface area contributed by atoms with Gasteiger partial charge in [-0.2, -0.15) is 26.7 Å². The maximum Gasteiger partial charge on any atom is 0.471 e. The molecule has 2 aliphatic heterocycles. The summed E-state index contributed by atoms with van der Waals surface area (Å²) < 4.78 is 68.6. The number of carbonyl (C=O) groups is 2. The van der Waals surface area contributed by atoms with E-state index in [2.05, 4.69) is 0 Å². The van der Waals surface area contributed by atoms with Gasteiger partial charge in [0.2, 0.25) is 12.2 Å². The predicted octanol–water partition coefficient (Wildman–Crippen LogP) is -1.40. The molecule has 14 heteroatoms. The van der Waals surface area contributed by atoms with Gasteiger partial charge in [-0.05, 0) is 12.8 Å². The monoisotopic (exact) mass is 392 g/mol. The zero-order valence-electron chi connectivity index (χ0n) is 12.5. The van der Waals surface area contributed by atoms with Gasteiger partial charge in [0.1, 0.15) is 5.25 Å². The van der Waals surface area contributed by atoms with Gasteiger partial charge in [0.05, 0.1) is 12.5 Å². The molecule has 2 amide bonds. The van der Waals surface area contributed by atoms with Crippen molar-refractivity contribution in [2.75, 3.05) is 6.54 Å². The molecule has 2 saturated heterocycles. The highest BCUT2D eigenvalue weighted by Crippen LogP contribution is 2.30. The van der Waals surface area contributed by atoms with Crippen LogP contribution in [0.15, 0.2) is 0 Å². The molecular weight excluding hydrogens is 377 g/mol. The first-order valence-electron chi connectivity index (χ1n) is 7.03. The Morgan fingerprint density at radius 2 is 1.96 bits per heavy atom. The summed E-state index contributed by atoms with van der Waals surface area (Å²) >= 11 is 0. The van der Waals surface area contributed by atoms with E-state index in [-0.39, 0.29) is 24.4 Å². The van der Waals surface area contributed by atoms with Gasteiger partial charge in [-0.15, -0.1) is 0 Å². The van der Waals surface area contributed by atoms with Crippen LogP contribution in [0.5, 0.6) is 0 Å². The highest BCUT2D eigenvalue weighted by Gasteiger charge is 2.51. The number of carbonyl (C=O) groups excluding carboxylic acids is 2. The van der Waals surface area contributed by atoms with E-state index in [4.69, 9.17) is 9.39 Å². The largest absolute Gasteiger partial charge is 0.471 e. The first-order valence-corrected chi connectivity index (χ1v) is 8.53. The lowest BCUT2D eigenvalue weighted by Crippen LogP contribution is -2.51. The number of amides is 2. The standard InChI is InChI=1S/C11H15F3N2O8S/c12-11(13,14)10(20)15-3-1-2-5(15)9(19)24-16-7(17)4-6(8(16)18)25(21,22)23/h5-6,8-9,18-19H,1-4H2,(H,21,22,23). The van der Waals surface area contributed by atoms with Crippen molar-refractivity contribution in [2.45, 2.75) is 49.2 Å². The van der Waals surface area contributed by atoms with Crippen molar-refractivity contribution in [3.8, 4) is 0 Å². The Kier molecular flexibility index (Phi) is 5.30. The third-order valence-corrected chi connectivity index (χ3v) is 5.11. The lowest BCUT2D eigenvalue weighted by atomic mass is 10.2. The number of aliphatic hydroxyl groups excluding tert-OH is 2. The molecule has 2 aliphatic rings. The fourth-order valence-electron chi connectivity index (χ4n) is 2.74. The molecule has 4 unspecified atom stereocenters. The van der Waals surface area contributed by atoms with Crippen LogP contribution in [0.1, 0.15) is 19.3 Å². The van der Waals surface area contributed by atoms with Crippen molar-refractivity contribution in [1.82, 2.24) is 9.96 Å². The van der Waals surface area contributed by atoms with Gasteiger partial charge >= 0.3 is 12.1 Å². The van der Waals surface area contributed by atoms with Crippen LogP contribution < -0.4 is 0 Å². The van der Waals surface area contributed by atoms with Crippen molar-refractivity contribution in [3.63, 3.8) is 0 Å². The van der Waals surface area contributed by atoms with Crippen molar-refractivity contribution in [1.29, 1.82) is 0 Å². The second kappa shape index (κ2) is 6.68. The zero-order valence-corrected chi connectivity index (χ0v) is 13.3. The number of alkyl halides is 3. The molecule has 0 spiro atoms. The Hall–Kier alpha value is -1.48. The Bertz CT molecular complexity index is 654. The van der Waals surface area contributed by atoms with Gasteiger partial charge in [0.25, 0.3) is 10.1 Å². The Morgan fingerprint density at radius 1 is 1.36 bits per heavy atom. The van der Waals surface area contributed by atoms with E-state index in [1.807, 2.05) is 0 Å². The number of nitrogens with zero attached hydrogens (tertiary/aromatic N) is 2. The second-order valence-electron chi connectivity index (χ2n) is 5.59. The molecule has 0 aromatic carbocycles. The first-order chi connectivity index (χ1) is 11.3. The van der Waals surface area contributed by atoms with E-state index in [0.29, 0.717) is 4.90 Å². The number of hydrogen-bond acceptors (Lipinski definition) is 7. The van der Waals surface area contributed by atoms with Crippen LogP contribution in [-0.2, 0) is 24.5 Å². The molecule has 4 atom stereocenters. The van der Waals surface area contributed by atoms with E-state index in [0.717, 1.165) is 0 Å². The summed E-state index contributed by atoms with van der Waals surface area (Å²) in [7, 11) is -4.80. The normalized spacial score (nSPS) is 29.4. The minimum absolute atomic E-state index is 0.0666. The van der Waals surface area contributed by atoms with E-state index in [1.54, 1.807) is 0 Å². The highest BCUT2D eigenvalue weighted by molar-refractivity contribution is 7.86. The SMILES string of the molecule is O=C1CC(S(=O)(=O)O)C(O)N1OC(O)C1CCCN1C(=O)C(F)(F)F. The number of likely N-dealkylation sites (tertiary alicyclic amines) is 1. The summed E-state index contributed by atoms with van der Waals surface area (Å²) in [5.41, 5.74) is 0. The van der Waals surface area contributed by atoms with Crippen LogP contribution in [-0.4, -0.2) is 81.5 Å². The molecule has 2 heterocycles. The number of rotatable bonds is 4. The molecule has 144 valence electrons. The van der Waals surface area contributed by atoms with E-state index in [1.165, 1.54) is 0 Å². The minimum atomic E-state index is -5.17. The highest BCUT2D eigenvalue weighted by atomic mass is 32.2. The summed E-state index contributed by atoms with van der Waals surface area (Å²) in [6.07, 6.45) is -10.2. The molecule has 25 heavy (non-hydrogen) atoms. The predicted molar refractivity (Wildman–Crippen MR) is 70.7 cm³/mol. The van der Waals surface area contributed by atoms with Gasteiger partial charge in [-0.3, -0.25) is 14.1 Å². The summed E-state index contributed by atoms with van der Waals surface area (Å²) in [6.45, 7) is -0.298. The fraction of sp³-hybridized carbons (Fsp3) is 0.818. The third kappa shape index (κ3) is 4.03. The summed E-state index contributed by atoms with van der Waals surface area (Å²) in [6, 6.07) is -1.45. The average Bonchev–Trinajstić information content (AvgIpc) is 3.04. The molecule has 0 aliphatic carbocycles. The fourth-order valence-corrected chi connectivity index (χ4v) is 3.51. The molecule has 10 nitrogen and oxygen atoms in total. The van der Waals surface area contributed by atoms with Gasteiger partial charge < -0.3 is 15.1 Å². The lowest BCUT2D eigenvalue weighted by molar-refractivity contribution is -0.298. The molecular formula is C11H15F3N2O8S. The molecule has 3 N–H and O–H groups in total. The quantitative estimate of drug-likeness (QED) is 0.391. The van der Waals surface area contributed by atoms with Gasteiger partial charge in [-0.25, -0.2) is 4.84 Å². The lowest BCUT2D eigenvalue weighted by Gasteiger charge is -2.31. The maximum atomic E-state index is 12.5. The van der Waals surface area contributed by atoms with Crippen LogP contribution in [0.3, 0.4) is 0 Å². The van der Waals surface area contributed by atoms with E-state index < -0.39 is 58.3 Å². The van der Waals surface area contributed by atoms with Crippen LogP contribution in [0.2, 0.25) is 0 Å². The van der Waals surface area contributed by atoms with Crippen LogP contribution in [0.25, 0.3) is 0 Å².